The van der Waals surface area contributed by atoms with Crippen LogP contribution in [0.5, 0.6) is 0 Å². The zero-order chi connectivity index (χ0) is 12.0. The third-order valence-electron chi connectivity index (χ3n) is 3.55. The van der Waals surface area contributed by atoms with Crippen LogP contribution in [0.15, 0.2) is 0 Å². The zero-order valence-electron chi connectivity index (χ0n) is 9.86. The lowest BCUT2D eigenvalue weighted by atomic mass is 9.85. The summed E-state index contributed by atoms with van der Waals surface area (Å²) in [6.07, 6.45) is 4.44. The molecule has 2 N–H and O–H groups in total. The number of aromatic nitrogens is 4. The number of nitrogens with zero attached hydrogens (tertiary/aromatic N) is 4. The smallest absolute Gasteiger partial charge is 0.233 e. The molecule has 0 spiro atoms. The Kier molecular flexibility index (Phi) is 2.60. The van der Waals surface area contributed by atoms with Gasteiger partial charge in [0, 0.05) is 19.4 Å². The van der Waals surface area contributed by atoms with E-state index in [2.05, 4.69) is 14.6 Å². The van der Waals surface area contributed by atoms with Gasteiger partial charge in [-0.05, 0) is 19.4 Å². The van der Waals surface area contributed by atoms with E-state index in [9.17, 15) is 0 Å². The molecule has 0 aliphatic heterocycles. The molecule has 0 unspecified atom stereocenters. The summed E-state index contributed by atoms with van der Waals surface area (Å²) in [5.41, 5.74) is 6.37. The van der Waals surface area contributed by atoms with E-state index in [0.29, 0.717) is 24.0 Å². The summed E-state index contributed by atoms with van der Waals surface area (Å²) >= 11 is 6.26. The molecule has 1 aliphatic rings. The molecule has 2 aromatic rings. The van der Waals surface area contributed by atoms with Crippen molar-refractivity contribution >= 4 is 17.4 Å². The topological polar surface area (TPSA) is 61.1 Å². The molecule has 0 aromatic carbocycles. The molecule has 5 nitrogen and oxygen atoms in total. The lowest BCUT2D eigenvalue weighted by Crippen LogP contribution is -2.14. The molecular weight excluding hydrogens is 238 g/mol. The van der Waals surface area contributed by atoms with Gasteiger partial charge in [-0.1, -0.05) is 18.0 Å². The summed E-state index contributed by atoms with van der Waals surface area (Å²) in [7, 11) is 2.01. The van der Waals surface area contributed by atoms with Crippen molar-refractivity contribution in [3.05, 3.63) is 16.7 Å². The standard InChI is InChI=1S/C11H16ClN5/c1-16-10(7-3-2-4-7)15-17-9(12)8(5-6-13)14-11(16)17/h7H,2-6,13H2,1H3. The van der Waals surface area contributed by atoms with Crippen molar-refractivity contribution in [1.82, 2.24) is 19.2 Å². The maximum absolute atomic E-state index is 6.26. The van der Waals surface area contributed by atoms with Crippen LogP contribution < -0.4 is 5.73 Å². The van der Waals surface area contributed by atoms with E-state index in [-0.39, 0.29) is 0 Å². The fourth-order valence-electron chi connectivity index (χ4n) is 2.32. The van der Waals surface area contributed by atoms with Gasteiger partial charge in [-0.2, -0.15) is 9.61 Å². The summed E-state index contributed by atoms with van der Waals surface area (Å²) in [4.78, 5) is 4.51. The molecule has 0 atom stereocenters. The van der Waals surface area contributed by atoms with E-state index in [0.717, 1.165) is 17.3 Å². The van der Waals surface area contributed by atoms with Gasteiger partial charge < -0.3 is 5.73 Å². The Labute approximate surface area is 105 Å². The van der Waals surface area contributed by atoms with Gasteiger partial charge in [0.05, 0.1) is 5.69 Å². The Hall–Kier alpha value is -1.07. The average molecular weight is 254 g/mol. The summed E-state index contributed by atoms with van der Waals surface area (Å²) in [6.45, 7) is 0.555. The van der Waals surface area contributed by atoms with E-state index in [1.807, 2.05) is 7.05 Å². The first-order chi connectivity index (χ1) is 8.22. The zero-order valence-corrected chi connectivity index (χ0v) is 10.6. The van der Waals surface area contributed by atoms with Gasteiger partial charge in [0.25, 0.3) is 0 Å². The predicted molar refractivity (Wildman–Crippen MR) is 66.3 cm³/mol. The van der Waals surface area contributed by atoms with E-state index in [4.69, 9.17) is 17.3 Å². The fraction of sp³-hybridized carbons (Fsp3) is 0.636. The van der Waals surface area contributed by atoms with Crippen LogP contribution in [-0.2, 0) is 13.5 Å². The summed E-state index contributed by atoms with van der Waals surface area (Å²) < 4.78 is 3.79. The van der Waals surface area contributed by atoms with Crippen LogP contribution in [0.2, 0.25) is 5.15 Å². The Bertz CT molecular complexity index is 552. The van der Waals surface area contributed by atoms with Crippen LogP contribution in [0.3, 0.4) is 0 Å². The van der Waals surface area contributed by atoms with E-state index < -0.39 is 0 Å². The molecule has 2 aromatic heterocycles. The van der Waals surface area contributed by atoms with Gasteiger partial charge in [0.15, 0.2) is 5.15 Å². The van der Waals surface area contributed by atoms with Crippen LogP contribution in [-0.4, -0.2) is 25.7 Å². The van der Waals surface area contributed by atoms with Gasteiger partial charge in [0.2, 0.25) is 5.78 Å². The van der Waals surface area contributed by atoms with Crippen LogP contribution >= 0.6 is 11.6 Å². The summed E-state index contributed by atoms with van der Waals surface area (Å²) in [5.74, 6) is 2.50. The Morgan fingerprint density at radius 2 is 2.24 bits per heavy atom. The van der Waals surface area contributed by atoms with Gasteiger partial charge in [-0.3, -0.25) is 4.57 Å². The van der Waals surface area contributed by atoms with Crippen molar-refractivity contribution in [1.29, 1.82) is 0 Å². The van der Waals surface area contributed by atoms with Crippen molar-refractivity contribution in [3.63, 3.8) is 0 Å². The molecule has 0 saturated heterocycles. The number of rotatable bonds is 3. The van der Waals surface area contributed by atoms with Crippen molar-refractivity contribution < 1.29 is 0 Å². The van der Waals surface area contributed by atoms with Crippen LogP contribution in [0.4, 0.5) is 0 Å². The molecule has 1 fully saturated rings. The first-order valence-corrected chi connectivity index (χ1v) is 6.40. The third-order valence-corrected chi connectivity index (χ3v) is 3.92. The van der Waals surface area contributed by atoms with Crippen LogP contribution in [0, 0.1) is 0 Å². The number of hydrogen-bond donors (Lipinski definition) is 1. The van der Waals surface area contributed by atoms with Gasteiger partial charge in [-0.25, -0.2) is 4.98 Å². The molecule has 1 saturated carbocycles. The highest BCUT2D eigenvalue weighted by atomic mass is 35.5. The van der Waals surface area contributed by atoms with E-state index in [1.54, 1.807) is 4.52 Å². The molecule has 0 radical (unpaired) electrons. The molecule has 17 heavy (non-hydrogen) atoms. The van der Waals surface area contributed by atoms with Crippen LogP contribution in [0.1, 0.15) is 36.7 Å². The number of hydrogen-bond acceptors (Lipinski definition) is 3. The van der Waals surface area contributed by atoms with Crippen molar-refractivity contribution in [2.75, 3.05) is 6.54 Å². The minimum Gasteiger partial charge on any atom is -0.330 e. The quantitative estimate of drug-likeness (QED) is 0.902. The molecular formula is C11H16ClN5. The SMILES string of the molecule is Cn1c(C2CCC2)nn2c(Cl)c(CCN)nc12. The number of aryl methyl sites for hydroxylation is 1. The minimum absolute atomic E-state index is 0.555. The number of nitrogens with two attached hydrogens (primary N) is 1. The highest BCUT2D eigenvalue weighted by molar-refractivity contribution is 6.30. The van der Waals surface area contributed by atoms with Gasteiger partial charge in [0.1, 0.15) is 5.82 Å². The monoisotopic (exact) mass is 253 g/mol. The van der Waals surface area contributed by atoms with Crippen molar-refractivity contribution in [2.24, 2.45) is 12.8 Å². The molecule has 0 amide bonds. The van der Waals surface area contributed by atoms with Crippen molar-refractivity contribution in [3.8, 4) is 0 Å². The average Bonchev–Trinajstić information content (AvgIpc) is 2.69. The molecule has 92 valence electrons. The lowest BCUT2D eigenvalue weighted by molar-refractivity contribution is 0.392. The van der Waals surface area contributed by atoms with Crippen molar-refractivity contribution in [2.45, 2.75) is 31.6 Å². The first-order valence-electron chi connectivity index (χ1n) is 6.02. The lowest BCUT2D eigenvalue weighted by Gasteiger charge is -2.23. The maximum atomic E-state index is 6.26. The van der Waals surface area contributed by atoms with Gasteiger partial charge in [-0.15, -0.1) is 0 Å². The second-order valence-electron chi connectivity index (χ2n) is 4.64. The molecule has 0 bridgehead atoms. The largest absolute Gasteiger partial charge is 0.330 e. The summed E-state index contributed by atoms with van der Waals surface area (Å²) in [5, 5.41) is 5.18. The Balaban J connectivity index is 2.08. The van der Waals surface area contributed by atoms with Gasteiger partial charge >= 0.3 is 0 Å². The predicted octanol–water partition coefficient (Wildman–Crippen LogP) is 1.49. The normalized spacial score (nSPS) is 16.6. The number of fused-ring (bicyclic) bond motifs is 1. The molecule has 6 heteroatoms. The number of imidazole rings is 1. The van der Waals surface area contributed by atoms with E-state index >= 15 is 0 Å². The molecule has 1 aliphatic carbocycles. The summed E-state index contributed by atoms with van der Waals surface area (Å²) in [6, 6.07) is 0. The van der Waals surface area contributed by atoms with E-state index in [1.165, 1.54) is 19.3 Å². The highest BCUT2D eigenvalue weighted by Crippen LogP contribution is 2.36. The Morgan fingerprint density at radius 1 is 1.47 bits per heavy atom. The maximum Gasteiger partial charge on any atom is 0.233 e. The first kappa shape index (κ1) is 11.0. The molecule has 3 rings (SSSR count). The number of halogens is 1. The second-order valence-corrected chi connectivity index (χ2v) is 5.00. The third kappa shape index (κ3) is 1.57. The second kappa shape index (κ2) is 3.99. The molecule has 2 heterocycles. The Morgan fingerprint density at radius 3 is 2.76 bits per heavy atom. The highest BCUT2D eigenvalue weighted by Gasteiger charge is 2.26. The minimum atomic E-state index is 0.555. The fourth-order valence-corrected chi connectivity index (χ4v) is 2.57. The van der Waals surface area contributed by atoms with Crippen LogP contribution in [0.25, 0.3) is 5.78 Å².